The van der Waals surface area contributed by atoms with Gasteiger partial charge >= 0.3 is 0 Å². The number of aromatic nitrogens is 1. The molecule has 6 heteroatoms. The molecule has 0 spiro atoms. The first-order chi connectivity index (χ1) is 10.1. The Morgan fingerprint density at radius 2 is 2.29 bits per heavy atom. The Morgan fingerprint density at radius 3 is 2.86 bits per heavy atom. The molecule has 0 aliphatic carbocycles. The fourth-order valence-electron chi connectivity index (χ4n) is 2.09. The minimum Gasteiger partial charge on any atom is -0.506 e. The van der Waals surface area contributed by atoms with Crippen molar-refractivity contribution < 1.29 is 14.6 Å². The summed E-state index contributed by atoms with van der Waals surface area (Å²) in [5.74, 6) is -0.160. The molecule has 1 aromatic carbocycles. The summed E-state index contributed by atoms with van der Waals surface area (Å²) in [6.07, 6.45) is 2.54. The number of carbonyl (C=O) groups excluding carboxylic acids is 1. The number of phenols is 1. The second kappa shape index (κ2) is 6.54. The highest BCUT2D eigenvalue weighted by molar-refractivity contribution is 6.32. The van der Waals surface area contributed by atoms with Gasteiger partial charge in [-0.1, -0.05) is 18.5 Å². The minimum atomic E-state index is -0.310. The number of rotatable bonds is 5. The molecule has 3 N–H and O–H groups in total. The van der Waals surface area contributed by atoms with Gasteiger partial charge in [0.1, 0.15) is 11.5 Å². The van der Waals surface area contributed by atoms with Crippen LogP contribution < -0.4 is 10.1 Å². The number of hydrogen-bond donors (Lipinski definition) is 3. The summed E-state index contributed by atoms with van der Waals surface area (Å²) in [5.41, 5.74) is 1.21. The molecule has 5 nitrogen and oxygen atoms in total. The standard InChI is InChI=1S/C15H17ClN2O3/c1-3-11(12-5-4-6-17-12)18-15(20)9-7-10(16)13(19)8-14(9)21-2/h4-8,11,17,19H,3H2,1-2H3,(H,18,20). The van der Waals surface area contributed by atoms with E-state index in [1.54, 1.807) is 0 Å². The summed E-state index contributed by atoms with van der Waals surface area (Å²) in [4.78, 5) is 15.5. The van der Waals surface area contributed by atoms with Gasteiger partial charge in [0.05, 0.1) is 23.7 Å². The van der Waals surface area contributed by atoms with Gasteiger partial charge in [-0.05, 0) is 24.6 Å². The molecule has 1 amide bonds. The summed E-state index contributed by atoms with van der Waals surface area (Å²) >= 11 is 5.87. The number of aromatic amines is 1. The molecule has 2 aromatic rings. The average molecular weight is 309 g/mol. The van der Waals surface area contributed by atoms with E-state index in [1.165, 1.54) is 19.2 Å². The lowest BCUT2D eigenvalue weighted by molar-refractivity contribution is 0.0931. The quantitative estimate of drug-likeness (QED) is 0.793. The van der Waals surface area contributed by atoms with Crippen LogP contribution in [0.25, 0.3) is 0 Å². The van der Waals surface area contributed by atoms with Crippen LogP contribution >= 0.6 is 11.6 Å². The molecule has 1 heterocycles. The van der Waals surface area contributed by atoms with E-state index < -0.39 is 0 Å². The van der Waals surface area contributed by atoms with Crippen molar-refractivity contribution in [3.8, 4) is 11.5 Å². The molecule has 0 aliphatic rings. The van der Waals surface area contributed by atoms with E-state index in [4.69, 9.17) is 16.3 Å². The number of halogens is 1. The van der Waals surface area contributed by atoms with Gasteiger partial charge in [0.2, 0.25) is 0 Å². The lowest BCUT2D eigenvalue weighted by atomic mass is 10.1. The third-order valence-electron chi connectivity index (χ3n) is 3.22. The van der Waals surface area contributed by atoms with E-state index in [-0.39, 0.29) is 34.0 Å². The predicted molar refractivity (Wildman–Crippen MR) is 81.0 cm³/mol. The van der Waals surface area contributed by atoms with Crippen molar-refractivity contribution in [2.45, 2.75) is 19.4 Å². The zero-order valence-electron chi connectivity index (χ0n) is 11.8. The van der Waals surface area contributed by atoms with E-state index in [9.17, 15) is 9.90 Å². The van der Waals surface area contributed by atoms with Gasteiger partial charge in [-0.2, -0.15) is 0 Å². The number of aromatic hydroxyl groups is 1. The molecule has 0 bridgehead atoms. The monoisotopic (exact) mass is 308 g/mol. The van der Waals surface area contributed by atoms with Crippen molar-refractivity contribution in [3.05, 3.63) is 46.7 Å². The molecular weight excluding hydrogens is 292 g/mol. The van der Waals surface area contributed by atoms with Crippen LogP contribution in [0, 0.1) is 0 Å². The Kier molecular flexibility index (Phi) is 4.75. The Bertz CT molecular complexity index is 626. The molecule has 112 valence electrons. The average Bonchev–Trinajstić information content (AvgIpc) is 3.00. The van der Waals surface area contributed by atoms with E-state index in [1.807, 2.05) is 25.3 Å². The number of carbonyl (C=O) groups is 1. The van der Waals surface area contributed by atoms with Gasteiger partial charge in [-0.25, -0.2) is 0 Å². The molecule has 0 saturated carbocycles. The molecule has 0 radical (unpaired) electrons. The molecule has 0 saturated heterocycles. The lowest BCUT2D eigenvalue weighted by Gasteiger charge is -2.17. The largest absolute Gasteiger partial charge is 0.506 e. The first-order valence-electron chi connectivity index (χ1n) is 6.57. The zero-order valence-corrected chi connectivity index (χ0v) is 12.6. The van der Waals surface area contributed by atoms with Crippen molar-refractivity contribution >= 4 is 17.5 Å². The first-order valence-corrected chi connectivity index (χ1v) is 6.95. The molecule has 0 aliphatic heterocycles. The maximum atomic E-state index is 12.4. The Hall–Kier alpha value is -2.14. The number of phenolic OH excluding ortho intramolecular Hbond substituents is 1. The molecule has 0 fully saturated rings. The fraction of sp³-hybridized carbons (Fsp3) is 0.267. The first kappa shape index (κ1) is 15.3. The van der Waals surface area contributed by atoms with Gasteiger partial charge in [-0.3, -0.25) is 4.79 Å². The van der Waals surface area contributed by atoms with Gasteiger partial charge < -0.3 is 20.1 Å². The Labute approximate surface area is 127 Å². The summed E-state index contributed by atoms with van der Waals surface area (Å²) in [6.45, 7) is 1.98. The Morgan fingerprint density at radius 1 is 1.52 bits per heavy atom. The van der Waals surface area contributed by atoms with Crippen LogP contribution in [-0.2, 0) is 0 Å². The second-order valence-corrected chi connectivity index (χ2v) is 4.97. The number of ether oxygens (including phenoxy) is 1. The normalized spacial score (nSPS) is 12.0. The van der Waals surface area contributed by atoms with Gasteiger partial charge in [-0.15, -0.1) is 0 Å². The van der Waals surface area contributed by atoms with Crippen molar-refractivity contribution in [2.24, 2.45) is 0 Å². The zero-order chi connectivity index (χ0) is 15.4. The van der Waals surface area contributed by atoms with Gasteiger partial charge in [0.25, 0.3) is 5.91 Å². The summed E-state index contributed by atoms with van der Waals surface area (Å²) in [6, 6.07) is 6.38. The van der Waals surface area contributed by atoms with Crippen molar-refractivity contribution in [1.82, 2.24) is 10.3 Å². The fourth-order valence-corrected chi connectivity index (χ4v) is 2.25. The van der Waals surface area contributed by atoms with Crippen molar-refractivity contribution in [3.63, 3.8) is 0 Å². The maximum absolute atomic E-state index is 12.4. The highest BCUT2D eigenvalue weighted by Crippen LogP contribution is 2.32. The number of hydrogen-bond acceptors (Lipinski definition) is 3. The third-order valence-corrected chi connectivity index (χ3v) is 3.53. The van der Waals surface area contributed by atoms with Crippen molar-refractivity contribution in [1.29, 1.82) is 0 Å². The molecule has 21 heavy (non-hydrogen) atoms. The van der Waals surface area contributed by atoms with Crippen LogP contribution in [0.5, 0.6) is 11.5 Å². The van der Waals surface area contributed by atoms with Crippen LogP contribution in [0.4, 0.5) is 0 Å². The van der Waals surface area contributed by atoms with E-state index in [2.05, 4.69) is 10.3 Å². The predicted octanol–water partition coefficient (Wildman–Crippen LogP) is 3.26. The molecule has 1 atom stereocenters. The summed E-state index contributed by atoms with van der Waals surface area (Å²) < 4.78 is 5.12. The molecule has 1 aromatic heterocycles. The lowest BCUT2D eigenvalue weighted by Crippen LogP contribution is -2.28. The number of methoxy groups -OCH3 is 1. The van der Waals surface area contributed by atoms with Crippen LogP contribution in [-0.4, -0.2) is 23.1 Å². The number of H-pyrrole nitrogens is 1. The number of benzene rings is 1. The van der Waals surface area contributed by atoms with Crippen LogP contribution in [0.2, 0.25) is 5.02 Å². The molecule has 1 unspecified atom stereocenters. The van der Waals surface area contributed by atoms with Gasteiger partial charge in [0.15, 0.2) is 0 Å². The Balaban J connectivity index is 2.25. The second-order valence-electron chi connectivity index (χ2n) is 4.56. The number of nitrogens with one attached hydrogen (secondary N) is 2. The van der Waals surface area contributed by atoms with Crippen molar-refractivity contribution in [2.75, 3.05) is 7.11 Å². The van der Waals surface area contributed by atoms with Gasteiger partial charge in [0, 0.05) is 18.0 Å². The SMILES string of the molecule is CCC(NC(=O)c1cc(Cl)c(O)cc1OC)c1ccc[nH]1. The maximum Gasteiger partial charge on any atom is 0.255 e. The summed E-state index contributed by atoms with van der Waals surface area (Å²) in [7, 11) is 1.43. The molecule has 2 rings (SSSR count). The highest BCUT2D eigenvalue weighted by Gasteiger charge is 2.19. The van der Waals surface area contributed by atoms with E-state index >= 15 is 0 Å². The summed E-state index contributed by atoms with van der Waals surface area (Å²) in [5, 5.41) is 12.6. The highest BCUT2D eigenvalue weighted by atomic mass is 35.5. The van der Waals surface area contributed by atoms with E-state index in [0.717, 1.165) is 12.1 Å². The third kappa shape index (κ3) is 3.31. The molecular formula is C15H17ClN2O3. The van der Waals surface area contributed by atoms with E-state index in [0.29, 0.717) is 0 Å². The van der Waals surface area contributed by atoms with Crippen LogP contribution in [0.15, 0.2) is 30.5 Å². The smallest absolute Gasteiger partial charge is 0.255 e. The number of amides is 1. The topological polar surface area (TPSA) is 74.3 Å². The minimum absolute atomic E-state index is 0.105. The van der Waals surface area contributed by atoms with Crippen LogP contribution in [0.3, 0.4) is 0 Å². The van der Waals surface area contributed by atoms with Crippen LogP contribution in [0.1, 0.15) is 35.4 Å².